The Bertz CT molecular complexity index is 433. The maximum Gasteiger partial charge on any atom is 0.161 e. The molecule has 0 radical (unpaired) electrons. The van der Waals surface area contributed by atoms with Crippen molar-refractivity contribution >= 4 is 0 Å². The van der Waals surface area contributed by atoms with Gasteiger partial charge in [-0.25, -0.2) is 0 Å². The molecule has 0 bridgehead atoms. The van der Waals surface area contributed by atoms with Gasteiger partial charge in [-0.15, -0.1) is 0 Å². The van der Waals surface area contributed by atoms with Crippen molar-refractivity contribution in [1.82, 2.24) is 10.6 Å². The number of hydrogen-bond donors (Lipinski definition) is 2. The number of nitrogens with one attached hydrogen (secondary N) is 2. The lowest BCUT2D eigenvalue weighted by Crippen LogP contribution is -2.45. The normalized spacial score (nSPS) is 23.9. The van der Waals surface area contributed by atoms with Crippen LogP contribution in [-0.4, -0.2) is 46.1 Å². The van der Waals surface area contributed by atoms with Crippen molar-refractivity contribution in [2.45, 2.75) is 12.1 Å². The van der Waals surface area contributed by atoms with E-state index in [1.807, 2.05) is 19.2 Å². The Morgan fingerprint density at radius 3 is 2.79 bits per heavy atom. The topological polar surface area (TPSA) is 51.8 Å². The highest BCUT2D eigenvalue weighted by atomic mass is 16.6. The highest BCUT2D eigenvalue weighted by molar-refractivity contribution is 5.45. The maximum atomic E-state index is 5.83. The molecule has 5 heteroatoms. The van der Waals surface area contributed by atoms with E-state index >= 15 is 0 Å². The van der Waals surface area contributed by atoms with E-state index < -0.39 is 0 Å². The molecular weight excluding hydrogens is 244 g/mol. The molecule has 0 spiro atoms. The van der Waals surface area contributed by atoms with E-state index in [1.54, 1.807) is 0 Å². The number of benzene rings is 1. The minimum absolute atomic E-state index is 0.140. The third-order valence-electron chi connectivity index (χ3n) is 3.56. The fraction of sp³-hybridized carbons (Fsp3) is 0.571. The zero-order valence-electron chi connectivity index (χ0n) is 11.1. The zero-order chi connectivity index (χ0) is 13.1. The van der Waals surface area contributed by atoms with E-state index in [-0.39, 0.29) is 12.1 Å². The molecule has 2 unspecified atom stereocenters. The third kappa shape index (κ3) is 2.68. The van der Waals surface area contributed by atoms with Crippen molar-refractivity contribution < 1.29 is 14.2 Å². The summed E-state index contributed by atoms with van der Waals surface area (Å²) in [6.45, 7) is 3.78. The molecule has 2 atom stereocenters. The minimum atomic E-state index is 0.140. The summed E-state index contributed by atoms with van der Waals surface area (Å²) >= 11 is 0. The largest absolute Gasteiger partial charge is 0.486 e. The monoisotopic (exact) mass is 264 g/mol. The molecule has 0 amide bonds. The van der Waals surface area contributed by atoms with Crippen molar-refractivity contribution in [1.29, 1.82) is 0 Å². The smallest absolute Gasteiger partial charge is 0.161 e. The van der Waals surface area contributed by atoms with E-state index in [0.29, 0.717) is 13.2 Å². The van der Waals surface area contributed by atoms with Gasteiger partial charge in [-0.2, -0.15) is 0 Å². The number of rotatable bonds is 3. The van der Waals surface area contributed by atoms with Crippen LogP contribution in [0, 0.1) is 0 Å². The first-order valence-corrected chi connectivity index (χ1v) is 6.77. The zero-order valence-corrected chi connectivity index (χ0v) is 11.1. The molecule has 1 saturated heterocycles. The first-order chi connectivity index (χ1) is 9.38. The van der Waals surface area contributed by atoms with Crippen LogP contribution in [0.4, 0.5) is 0 Å². The van der Waals surface area contributed by atoms with Crippen molar-refractivity contribution in [3.05, 3.63) is 23.8 Å². The van der Waals surface area contributed by atoms with Crippen LogP contribution in [0.15, 0.2) is 18.2 Å². The van der Waals surface area contributed by atoms with Gasteiger partial charge in [0, 0.05) is 13.1 Å². The molecule has 0 aliphatic carbocycles. The van der Waals surface area contributed by atoms with E-state index in [4.69, 9.17) is 14.2 Å². The first-order valence-electron chi connectivity index (χ1n) is 6.77. The summed E-state index contributed by atoms with van der Waals surface area (Å²) in [7, 11) is 1.96. The fourth-order valence-electron chi connectivity index (χ4n) is 2.62. The van der Waals surface area contributed by atoms with E-state index in [1.165, 1.54) is 5.56 Å². The number of morpholine rings is 1. The molecule has 104 valence electrons. The van der Waals surface area contributed by atoms with Gasteiger partial charge < -0.3 is 24.8 Å². The molecule has 0 aromatic heterocycles. The molecule has 1 fully saturated rings. The van der Waals surface area contributed by atoms with Gasteiger partial charge in [0.05, 0.1) is 18.8 Å². The number of hydrogen-bond acceptors (Lipinski definition) is 5. The highest BCUT2D eigenvalue weighted by Gasteiger charge is 2.26. The number of fused-ring (bicyclic) bond motifs is 1. The fourth-order valence-corrected chi connectivity index (χ4v) is 2.62. The van der Waals surface area contributed by atoms with Crippen LogP contribution in [0.3, 0.4) is 0 Å². The van der Waals surface area contributed by atoms with E-state index in [9.17, 15) is 0 Å². The second-order valence-electron chi connectivity index (χ2n) is 4.78. The molecule has 5 nitrogen and oxygen atoms in total. The lowest BCUT2D eigenvalue weighted by atomic mass is 10.00. The second-order valence-corrected chi connectivity index (χ2v) is 4.78. The summed E-state index contributed by atoms with van der Waals surface area (Å²) in [6, 6.07) is 6.26. The van der Waals surface area contributed by atoms with Crippen LogP contribution in [0.2, 0.25) is 0 Å². The standard InChI is InChI=1S/C14H20N2O3/c1-15-14(13-9-16-4-5-17-13)10-2-3-11-12(8-10)19-7-6-18-11/h2-3,8,13-16H,4-7,9H2,1H3. The van der Waals surface area contributed by atoms with Gasteiger partial charge >= 0.3 is 0 Å². The van der Waals surface area contributed by atoms with Crippen molar-refractivity contribution in [3.8, 4) is 11.5 Å². The molecule has 0 saturated carbocycles. The first kappa shape index (κ1) is 12.7. The van der Waals surface area contributed by atoms with Gasteiger partial charge in [-0.3, -0.25) is 0 Å². The van der Waals surface area contributed by atoms with Gasteiger partial charge in [0.25, 0.3) is 0 Å². The van der Waals surface area contributed by atoms with Gasteiger partial charge in [-0.05, 0) is 24.7 Å². The Balaban J connectivity index is 1.82. The minimum Gasteiger partial charge on any atom is -0.486 e. The van der Waals surface area contributed by atoms with Crippen LogP contribution < -0.4 is 20.1 Å². The van der Waals surface area contributed by atoms with Crippen LogP contribution >= 0.6 is 0 Å². The van der Waals surface area contributed by atoms with Gasteiger partial charge in [0.1, 0.15) is 13.2 Å². The third-order valence-corrected chi connectivity index (χ3v) is 3.56. The Morgan fingerprint density at radius 1 is 1.21 bits per heavy atom. The van der Waals surface area contributed by atoms with Crippen molar-refractivity contribution in [3.63, 3.8) is 0 Å². The van der Waals surface area contributed by atoms with Crippen LogP contribution in [0.1, 0.15) is 11.6 Å². The Hall–Kier alpha value is -1.30. The van der Waals surface area contributed by atoms with E-state index in [0.717, 1.165) is 31.2 Å². The average molecular weight is 264 g/mol. The van der Waals surface area contributed by atoms with E-state index in [2.05, 4.69) is 16.7 Å². The Morgan fingerprint density at radius 2 is 2.05 bits per heavy atom. The van der Waals surface area contributed by atoms with Gasteiger partial charge in [0.2, 0.25) is 0 Å². The molecule has 19 heavy (non-hydrogen) atoms. The summed E-state index contributed by atoms with van der Waals surface area (Å²) in [4.78, 5) is 0. The van der Waals surface area contributed by atoms with Crippen LogP contribution in [0.25, 0.3) is 0 Å². The highest BCUT2D eigenvalue weighted by Crippen LogP contribution is 2.33. The summed E-state index contributed by atoms with van der Waals surface area (Å²) in [6.07, 6.45) is 0.140. The van der Waals surface area contributed by atoms with Gasteiger partial charge in [-0.1, -0.05) is 6.07 Å². The predicted octanol–water partition coefficient (Wildman–Crippen LogP) is 0.707. The molecule has 3 rings (SSSR count). The number of ether oxygens (including phenoxy) is 3. The molecule has 2 aliphatic rings. The average Bonchev–Trinajstić information content (AvgIpc) is 2.49. The SMILES string of the molecule is CNC(c1ccc2c(c1)OCCO2)C1CNCCO1. The van der Waals surface area contributed by atoms with Gasteiger partial charge in [0.15, 0.2) is 11.5 Å². The Kier molecular flexibility index (Phi) is 3.87. The summed E-state index contributed by atoms with van der Waals surface area (Å²) in [5.74, 6) is 1.65. The quantitative estimate of drug-likeness (QED) is 0.842. The summed E-state index contributed by atoms with van der Waals surface area (Å²) < 4.78 is 17.0. The predicted molar refractivity (Wildman–Crippen MR) is 71.8 cm³/mol. The van der Waals surface area contributed by atoms with Crippen molar-refractivity contribution in [2.75, 3.05) is 40.0 Å². The Labute approximate surface area is 113 Å². The second kappa shape index (κ2) is 5.77. The maximum absolute atomic E-state index is 5.83. The lowest BCUT2D eigenvalue weighted by molar-refractivity contribution is 0.00528. The lowest BCUT2D eigenvalue weighted by Gasteiger charge is -2.31. The van der Waals surface area contributed by atoms with Crippen LogP contribution in [-0.2, 0) is 4.74 Å². The molecule has 1 aromatic rings. The number of likely N-dealkylation sites (N-methyl/N-ethyl adjacent to an activating group) is 1. The molecule has 2 aliphatic heterocycles. The summed E-state index contributed by atoms with van der Waals surface area (Å²) in [5.41, 5.74) is 1.17. The molecular formula is C14H20N2O3. The molecule has 2 heterocycles. The summed E-state index contributed by atoms with van der Waals surface area (Å²) in [5, 5.41) is 6.69. The molecule has 1 aromatic carbocycles. The molecule has 2 N–H and O–H groups in total. The van der Waals surface area contributed by atoms with Crippen LogP contribution in [0.5, 0.6) is 11.5 Å². The van der Waals surface area contributed by atoms with Crippen molar-refractivity contribution in [2.24, 2.45) is 0 Å².